The number of fused-ring (bicyclic) bond motifs is 1. The van der Waals surface area contributed by atoms with Crippen LogP contribution < -0.4 is 16.2 Å². The first kappa shape index (κ1) is 20.0. The molecule has 6 nitrogen and oxygen atoms in total. The average molecular weight is 416 g/mol. The normalized spacial score (nSPS) is 20.5. The van der Waals surface area contributed by atoms with Crippen molar-refractivity contribution in [3.05, 3.63) is 57.3 Å². The van der Waals surface area contributed by atoms with Crippen molar-refractivity contribution in [1.29, 1.82) is 0 Å². The Balaban J connectivity index is 1.82. The lowest BCUT2D eigenvalue weighted by Crippen LogP contribution is -2.59. The Morgan fingerprint density at radius 3 is 2.67 bits per heavy atom. The molecule has 1 aliphatic heterocycles. The summed E-state index contributed by atoms with van der Waals surface area (Å²) in [6.07, 6.45) is 3.07. The number of alkyl halides is 2. The van der Waals surface area contributed by atoms with Crippen molar-refractivity contribution >= 4 is 11.7 Å². The molecule has 9 heteroatoms. The summed E-state index contributed by atoms with van der Waals surface area (Å²) < 4.78 is 45.5. The molecule has 2 heterocycles. The van der Waals surface area contributed by atoms with E-state index in [0.29, 0.717) is 12.5 Å². The van der Waals surface area contributed by atoms with Crippen LogP contribution in [0.5, 0.6) is 0 Å². The van der Waals surface area contributed by atoms with Gasteiger partial charge in [-0.1, -0.05) is 11.8 Å². The molecular formula is C21H19F3N4O2. The monoisotopic (exact) mass is 416 g/mol. The number of hydrogen-bond acceptors (Lipinski definition) is 3. The summed E-state index contributed by atoms with van der Waals surface area (Å²) in [5, 5.41) is 8.61. The molecule has 4 rings (SSSR count). The van der Waals surface area contributed by atoms with E-state index in [2.05, 4.69) is 27.6 Å². The van der Waals surface area contributed by atoms with Crippen molar-refractivity contribution in [1.82, 2.24) is 15.1 Å². The Labute approximate surface area is 170 Å². The predicted octanol–water partition coefficient (Wildman–Crippen LogP) is 3.14. The highest BCUT2D eigenvalue weighted by Gasteiger charge is 2.55. The molecule has 2 aromatic rings. The third-order valence-corrected chi connectivity index (χ3v) is 5.17. The van der Waals surface area contributed by atoms with Gasteiger partial charge in [-0.3, -0.25) is 4.79 Å². The highest BCUT2D eigenvalue weighted by Crippen LogP contribution is 2.44. The second kappa shape index (κ2) is 6.90. The van der Waals surface area contributed by atoms with Crippen LogP contribution in [-0.4, -0.2) is 21.7 Å². The number of aryl methyl sites for hydroxylation is 1. The number of nitrogens with zero attached hydrogens (tertiary/aromatic N) is 2. The van der Waals surface area contributed by atoms with Gasteiger partial charge in [0, 0.05) is 35.7 Å². The van der Waals surface area contributed by atoms with E-state index in [1.165, 1.54) is 18.3 Å². The molecule has 1 aromatic carbocycles. The first-order valence-corrected chi connectivity index (χ1v) is 9.45. The Bertz CT molecular complexity index is 1160. The lowest BCUT2D eigenvalue weighted by molar-refractivity contribution is -0.0465. The van der Waals surface area contributed by atoms with Crippen LogP contribution in [0, 0.1) is 30.5 Å². The summed E-state index contributed by atoms with van der Waals surface area (Å²) in [5.41, 5.74) is -2.24. The van der Waals surface area contributed by atoms with Gasteiger partial charge in [-0.25, -0.2) is 22.6 Å². The molecule has 0 bridgehead atoms. The lowest BCUT2D eigenvalue weighted by Gasteiger charge is -2.40. The van der Waals surface area contributed by atoms with Gasteiger partial charge in [0.2, 0.25) is 0 Å². The minimum Gasteiger partial charge on any atom is -0.312 e. The first-order chi connectivity index (χ1) is 14.1. The summed E-state index contributed by atoms with van der Waals surface area (Å²) in [5.74, 6) is 1.02. The summed E-state index contributed by atoms with van der Waals surface area (Å²) >= 11 is 0. The van der Waals surface area contributed by atoms with Crippen LogP contribution in [0.2, 0.25) is 0 Å². The fourth-order valence-electron chi connectivity index (χ4n) is 3.34. The van der Waals surface area contributed by atoms with E-state index >= 15 is 0 Å². The molecule has 0 spiro atoms. The number of halogens is 3. The maximum Gasteiger partial charge on any atom is 0.320 e. The zero-order valence-electron chi connectivity index (χ0n) is 16.4. The van der Waals surface area contributed by atoms with Crippen molar-refractivity contribution in [3.8, 4) is 11.8 Å². The molecule has 2 N–H and O–H groups in total. The van der Waals surface area contributed by atoms with Crippen LogP contribution in [0.1, 0.15) is 36.5 Å². The van der Waals surface area contributed by atoms with Gasteiger partial charge in [0.05, 0.1) is 12.7 Å². The third-order valence-electron chi connectivity index (χ3n) is 5.17. The summed E-state index contributed by atoms with van der Waals surface area (Å²) in [7, 11) is 0. The molecule has 30 heavy (non-hydrogen) atoms. The zero-order chi connectivity index (χ0) is 21.7. The molecule has 1 unspecified atom stereocenters. The van der Waals surface area contributed by atoms with E-state index < -0.39 is 28.9 Å². The molecule has 0 saturated heterocycles. The van der Waals surface area contributed by atoms with Gasteiger partial charge < -0.3 is 10.6 Å². The van der Waals surface area contributed by atoms with E-state index in [-0.39, 0.29) is 29.3 Å². The van der Waals surface area contributed by atoms with Crippen molar-refractivity contribution < 1.29 is 18.0 Å². The minimum atomic E-state index is -3.48. The van der Waals surface area contributed by atoms with Crippen LogP contribution in [0.4, 0.5) is 23.7 Å². The van der Waals surface area contributed by atoms with Crippen LogP contribution >= 0.6 is 0 Å². The number of anilines is 1. The first-order valence-electron chi connectivity index (χ1n) is 9.45. The smallest absolute Gasteiger partial charge is 0.312 e. The molecule has 1 aromatic heterocycles. The number of aromatic nitrogens is 2. The standard InChI is InChI=1S/C21H19F3N4O2/c1-12-7-18(29)28(25-10-12)11-14-8-17-15(9-16(14)22)21(20(2,23)24,27-19(30)26-17)6-5-13-3-4-13/h7-10,13H,3-4,11H2,1-2H3,(H2,26,27,30). The van der Waals surface area contributed by atoms with E-state index in [0.717, 1.165) is 23.6 Å². The van der Waals surface area contributed by atoms with Crippen molar-refractivity contribution in [2.45, 2.75) is 44.7 Å². The minimum absolute atomic E-state index is 0.00284. The van der Waals surface area contributed by atoms with Crippen LogP contribution in [-0.2, 0) is 12.1 Å². The number of amides is 2. The third kappa shape index (κ3) is 3.54. The molecule has 1 saturated carbocycles. The Morgan fingerprint density at radius 1 is 1.30 bits per heavy atom. The topological polar surface area (TPSA) is 76.0 Å². The van der Waals surface area contributed by atoms with E-state index in [4.69, 9.17) is 0 Å². The van der Waals surface area contributed by atoms with Crippen molar-refractivity contribution in [2.24, 2.45) is 5.92 Å². The highest BCUT2D eigenvalue weighted by molar-refractivity contribution is 5.95. The summed E-state index contributed by atoms with van der Waals surface area (Å²) in [4.78, 5) is 24.3. The Hall–Kier alpha value is -3.28. The number of urea groups is 1. The van der Waals surface area contributed by atoms with Gasteiger partial charge in [-0.05, 0) is 37.5 Å². The number of carbonyl (C=O) groups excluding carboxylic acids is 1. The molecule has 1 atom stereocenters. The Kier molecular flexibility index (Phi) is 4.60. The van der Waals surface area contributed by atoms with E-state index in [9.17, 15) is 22.8 Å². The Morgan fingerprint density at radius 2 is 2.03 bits per heavy atom. The van der Waals surface area contributed by atoms with Crippen LogP contribution in [0.25, 0.3) is 0 Å². The fourth-order valence-corrected chi connectivity index (χ4v) is 3.34. The zero-order valence-corrected chi connectivity index (χ0v) is 16.4. The molecular weight excluding hydrogens is 397 g/mol. The van der Waals surface area contributed by atoms with Gasteiger partial charge in [0.15, 0.2) is 5.54 Å². The predicted molar refractivity (Wildman–Crippen MR) is 104 cm³/mol. The summed E-state index contributed by atoms with van der Waals surface area (Å²) in [6.45, 7) is 2.13. The fraction of sp³-hybridized carbons (Fsp3) is 0.381. The average Bonchev–Trinajstić information content (AvgIpc) is 3.46. The molecule has 2 amide bonds. The number of nitrogens with one attached hydrogen (secondary N) is 2. The van der Waals surface area contributed by atoms with E-state index in [1.807, 2.05) is 0 Å². The van der Waals surface area contributed by atoms with Crippen molar-refractivity contribution in [2.75, 3.05) is 5.32 Å². The van der Waals surface area contributed by atoms with Gasteiger partial charge >= 0.3 is 6.03 Å². The van der Waals surface area contributed by atoms with E-state index in [1.54, 1.807) is 6.92 Å². The SMILES string of the molecule is Cc1cnn(Cc2cc3c(cc2F)C(C#CC2CC2)(C(C)(F)F)NC(=O)N3)c(=O)c1. The molecule has 2 aliphatic rings. The highest BCUT2D eigenvalue weighted by atomic mass is 19.3. The number of benzene rings is 1. The summed E-state index contributed by atoms with van der Waals surface area (Å²) in [6, 6.07) is 2.68. The molecule has 1 fully saturated rings. The maximum atomic E-state index is 14.9. The quantitative estimate of drug-likeness (QED) is 0.755. The molecule has 0 radical (unpaired) electrons. The molecule has 156 valence electrons. The van der Waals surface area contributed by atoms with Gasteiger partial charge in [0.25, 0.3) is 11.5 Å². The largest absolute Gasteiger partial charge is 0.320 e. The van der Waals surface area contributed by atoms with Gasteiger partial charge in [-0.2, -0.15) is 5.10 Å². The van der Waals surface area contributed by atoms with Gasteiger partial charge in [-0.15, -0.1) is 0 Å². The molecule has 1 aliphatic carbocycles. The number of rotatable bonds is 3. The van der Waals surface area contributed by atoms with Crippen LogP contribution in [0.3, 0.4) is 0 Å². The van der Waals surface area contributed by atoms with Crippen LogP contribution in [0.15, 0.2) is 29.2 Å². The van der Waals surface area contributed by atoms with Crippen molar-refractivity contribution in [3.63, 3.8) is 0 Å². The number of carbonyl (C=O) groups is 1. The number of hydrogen-bond donors (Lipinski definition) is 2. The lowest BCUT2D eigenvalue weighted by atomic mass is 9.81. The van der Waals surface area contributed by atoms with Gasteiger partial charge in [0.1, 0.15) is 5.82 Å². The second-order valence-corrected chi connectivity index (χ2v) is 7.78. The second-order valence-electron chi connectivity index (χ2n) is 7.78. The maximum absolute atomic E-state index is 14.9.